The van der Waals surface area contributed by atoms with Gasteiger partial charge in [0.05, 0.1) is 5.56 Å². The van der Waals surface area contributed by atoms with E-state index in [-0.39, 0.29) is 40.3 Å². The number of carbonyl (C=O) groups is 2. The third-order valence-electron chi connectivity index (χ3n) is 4.20. The van der Waals surface area contributed by atoms with Crippen LogP contribution in [0.1, 0.15) is 38.8 Å². The first-order valence-electron chi connectivity index (χ1n) is 7.44. The zero-order valence-corrected chi connectivity index (χ0v) is 13.1. The van der Waals surface area contributed by atoms with Gasteiger partial charge in [0.15, 0.2) is 11.6 Å². The number of halogens is 4. The van der Waals surface area contributed by atoms with Crippen LogP contribution in [0.25, 0.3) is 0 Å². The van der Waals surface area contributed by atoms with E-state index in [1.54, 1.807) is 18.2 Å². The third kappa shape index (κ3) is 2.99. The number of hydrogen-bond donors (Lipinski definition) is 0. The lowest BCUT2D eigenvalue weighted by molar-refractivity contribution is -0.140. The molecule has 128 valence electrons. The highest BCUT2D eigenvalue weighted by molar-refractivity contribution is 6.26. The average molecular weight is 348 g/mol. The van der Waals surface area contributed by atoms with E-state index in [9.17, 15) is 27.2 Å². The molecule has 3 rings (SSSR count). The predicted octanol–water partition coefficient (Wildman–Crippen LogP) is 4.78. The lowest BCUT2D eigenvalue weighted by atomic mass is 9.82. The number of allylic oxidation sites excluding steroid dienone is 2. The number of Topliss-reactive ketones (excluding diaryl/α,β-unsaturated/α-hetero) is 2. The second-order valence-corrected chi connectivity index (χ2v) is 5.80. The number of alkyl halides is 3. The molecule has 0 unspecified atom stereocenters. The average Bonchev–Trinajstić information content (AvgIpc) is 2.55. The maximum absolute atomic E-state index is 13.7. The SMILES string of the molecule is CC1=C(Cc2ccc(C(F)(F)F)c(F)c2)C(=O)c2ccccc2C1=O. The van der Waals surface area contributed by atoms with E-state index in [0.29, 0.717) is 11.6 Å². The summed E-state index contributed by atoms with van der Waals surface area (Å²) < 4.78 is 51.6. The first kappa shape index (κ1) is 17.1. The topological polar surface area (TPSA) is 34.1 Å². The van der Waals surface area contributed by atoms with Crippen molar-refractivity contribution in [2.45, 2.75) is 19.5 Å². The van der Waals surface area contributed by atoms with Crippen LogP contribution in [0.3, 0.4) is 0 Å². The number of carbonyl (C=O) groups excluding carboxylic acids is 2. The molecule has 25 heavy (non-hydrogen) atoms. The second-order valence-electron chi connectivity index (χ2n) is 5.80. The van der Waals surface area contributed by atoms with Crippen molar-refractivity contribution in [2.24, 2.45) is 0 Å². The Morgan fingerprint density at radius 3 is 2.08 bits per heavy atom. The quantitative estimate of drug-likeness (QED) is 0.732. The van der Waals surface area contributed by atoms with Crippen molar-refractivity contribution in [1.82, 2.24) is 0 Å². The lowest BCUT2D eigenvalue weighted by Crippen LogP contribution is -2.22. The summed E-state index contributed by atoms with van der Waals surface area (Å²) in [5.41, 5.74) is -0.224. The van der Waals surface area contributed by atoms with Gasteiger partial charge in [-0.25, -0.2) is 4.39 Å². The summed E-state index contributed by atoms with van der Waals surface area (Å²) in [6, 6.07) is 8.85. The van der Waals surface area contributed by atoms with Crippen LogP contribution in [0, 0.1) is 5.82 Å². The van der Waals surface area contributed by atoms with Gasteiger partial charge in [0.2, 0.25) is 0 Å². The Labute approximate surface area is 140 Å². The molecule has 6 heteroatoms. The maximum Gasteiger partial charge on any atom is 0.419 e. The Bertz CT molecular complexity index is 923. The van der Waals surface area contributed by atoms with Crippen LogP contribution in [0.15, 0.2) is 53.6 Å². The molecule has 2 nitrogen and oxygen atoms in total. The number of hydrogen-bond acceptors (Lipinski definition) is 2. The van der Waals surface area contributed by atoms with Crippen molar-refractivity contribution >= 4 is 11.6 Å². The van der Waals surface area contributed by atoms with Gasteiger partial charge in [0.25, 0.3) is 0 Å². The molecule has 0 bridgehead atoms. The van der Waals surface area contributed by atoms with Crippen molar-refractivity contribution in [2.75, 3.05) is 0 Å². The Morgan fingerprint density at radius 1 is 0.920 bits per heavy atom. The molecule has 0 amide bonds. The third-order valence-corrected chi connectivity index (χ3v) is 4.20. The van der Waals surface area contributed by atoms with Crippen LogP contribution in [-0.4, -0.2) is 11.6 Å². The molecule has 0 heterocycles. The first-order chi connectivity index (χ1) is 11.7. The van der Waals surface area contributed by atoms with Gasteiger partial charge in [-0.15, -0.1) is 0 Å². The molecule has 2 aromatic rings. The second kappa shape index (κ2) is 5.95. The van der Waals surface area contributed by atoms with Gasteiger partial charge < -0.3 is 0 Å². The maximum atomic E-state index is 13.7. The van der Waals surface area contributed by atoms with Crippen molar-refractivity contribution in [3.05, 3.63) is 81.7 Å². The predicted molar refractivity (Wildman–Crippen MR) is 82.9 cm³/mol. The van der Waals surface area contributed by atoms with E-state index in [1.165, 1.54) is 13.0 Å². The fourth-order valence-corrected chi connectivity index (χ4v) is 2.87. The van der Waals surface area contributed by atoms with E-state index in [4.69, 9.17) is 0 Å². The first-order valence-corrected chi connectivity index (χ1v) is 7.44. The van der Waals surface area contributed by atoms with Gasteiger partial charge in [0, 0.05) is 28.7 Å². The highest BCUT2D eigenvalue weighted by atomic mass is 19.4. The number of fused-ring (bicyclic) bond motifs is 1. The molecule has 0 aliphatic heterocycles. The lowest BCUT2D eigenvalue weighted by Gasteiger charge is -2.19. The Balaban J connectivity index is 1.98. The summed E-state index contributed by atoms with van der Waals surface area (Å²) in [7, 11) is 0. The van der Waals surface area contributed by atoms with Crippen LogP contribution in [0.5, 0.6) is 0 Å². The van der Waals surface area contributed by atoms with Gasteiger partial charge in [0.1, 0.15) is 5.82 Å². The van der Waals surface area contributed by atoms with Gasteiger partial charge >= 0.3 is 6.18 Å². The fourth-order valence-electron chi connectivity index (χ4n) is 2.87. The fraction of sp³-hybridized carbons (Fsp3) is 0.158. The number of rotatable bonds is 2. The Hall–Kier alpha value is -2.76. The van der Waals surface area contributed by atoms with E-state index in [1.807, 2.05) is 0 Å². The molecule has 0 spiro atoms. The minimum absolute atomic E-state index is 0.111. The van der Waals surface area contributed by atoms with E-state index >= 15 is 0 Å². The molecule has 0 fully saturated rings. The molecule has 2 aromatic carbocycles. The summed E-state index contributed by atoms with van der Waals surface area (Å²) in [6.45, 7) is 1.49. The van der Waals surface area contributed by atoms with Crippen LogP contribution in [-0.2, 0) is 12.6 Å². The normalized spacial score (nSPS) is 14.8. The highest BCUT2D eigenvalue weighted by Crippen LogP contribution is 2.33. The van der Waals surface area contributed by atoms with Gasteiger partial charge in [-0.3, -0.25) is 9.59 Å². The van der Waals surface area contributed by atoms with Crippen molar-refractivity contribution in [1.29, 1.82) is 0 Å². The summed E-state index contributed by atoms with van der Waals surface area (Å²) >= 11 is 0. The molecule has 0 radical (unpaired) electrons. The highest BCUT2D eigenvalue weighted by Gasteiger charge is 2.34. The van der Waals surface area contributed by atoms with Gasteiger partial charge in [-0.05, 0) is 24.6 Å². The summed E-state index contributed by atoms with van der Waals surface area (Å²) in [4.78, 5) is 25.0. The molecular formula is C19H12F4O2. The zero-order valence-electron chi connectivity index (χ0n) is 13.1. The van der Waals surface area contributed by atoms with Crippen LogP contribution in [0.4, 0.5) is 17.6 Å². The molecule has 1 aliphatic carbocycles. The smallest absolute Gasteiger partial charge is 0.289 e. The van der Waals surface area contributed by atoms with E-state index in [0.717, 1.165) is 12.1 Å². The van der Waals surface area contributed by atoms with Crippen LogP contribution >= 0.6 is 0 Å². The van der Waals surface area contributed by atoms with Crippen molar-refractivity contribution < 1.29 is 27.2 Å². The largest absolute Gasteiger partial charge is 0.419 e. The van der Waals surface area contributed by atoms with Crippen molar-refractivity contribution in [3.8, 4) is 0 Å². The molecule has 0 atom stereocenters. The Morgan fingerprint density at radius 2 is 1.52 bits per heavy atom. The van der Waals surface area contributed by atoms with Crippen LogP contribution < -0.4 is 0 Å². The monoisotopic (exact) mass is 348 g/mol. The summed E-state index contributed by atoms with van der Waals surface area (Å²) in [5, 5.41) is 0. The molecular weight excluding hydrogens is 336 g/mol. The van der Waals surface area contributed by atoms with Gasteiger partial charge in [-0.2, -0.15) is 13.2 Å². The standard InChI is InChI=1S/C19H12F4O2/c1-10-14(18(25)13-5-3-2-4-12(13)17(10)24)8-11-6-7-15(16(20)9-11)19(21,22)23/h2-7,9H,8H2,1H3. The molecule has 0 saturated carbocycles. The van der Waals surface area contributed by atoms with Crippen molar-refractivity contribution in [3.63, 3.8) is 0 Å². The van der Waals surface area contributed by atoms with E-state index < -0.39 is 17.6 Å². The number of benzene rings is 2. The zero-order chi connectivity index (χ0) is 18.4. The molecule has 0 N–H and O–H groups in total. The number of ketones is 2. The molecule has 1 aliphatic rings. The summed E-state index contributed by atoms with van der Waals surface area (Å²) in [6.07, 6.45) is -4.90. The minimum atomic E-state index is -4.78. The Kier molecular flexibility index (Phi) is 4.06. The van der Waals surface area contributed by atoms with E-state index in [2.05, 4.69) is 0 Å². The minimum Gasteiger partial charge on any atom is -0.289 e. The van der Waals surface area contributed by atoms with Gasteiger partial charge in [-0.1, -0.05) is 30.3 Å². The molecule has 0 saturated heterocycles. The summed E-state index contributed by atoms with van der Waals surface area (Å²) in [5.74, 6) is -2.08. The molecule has 0 aromatic heterocycles. The van der Waals surface area contributed by atoms with Crippen LogP contribution in [0.2, 0.25) is 0 Å².